The molecule has 116 valence electrons. The van der Waals surface area contributed by atoms with Crippen LogP contribution in [0.1, 0.15) is 6.42 Å². The molecule has 1 fully saturated rings. The van der Waals surface area contributed by atoms with Gasteiger partial charge in [-0.15, -0.1) is 11.3 Å². The fourth-order valence-corrected chi connectivity index (χ4v) is 5.70. The van der Waals surface area contributed by atoms with Crippen LogP contribution in [0.25, 0.3) is 0 Å². The molecule has 2 heterocycles. The van der Waals surface area contributed by atoms with Gasteiger partial charge in [0.25, 0.3) is 10.0 Å². The number of carbonyl (C=O) groups excluding carboxylic acids is 2. The number of rotatable bonds is 4. The van der Waals surface area contributed by atoms with Gasteiger partial charge in [-0.1, -0.05) is 0 Å². The topological polar surface area (TPSA) is 92.8 Å². The number of hydrogen-bond donors (Lipinski definition) is 1. The maximum absolute atomic E-state index is 12.6. The van der Waals surface area contributed by atoms with Gasteiger partial charge < -0.3 is 10.1 Å². The summed E-state index contributed by atoms with van der Waals surface area (Å²) in [5, 5.41) is 2.56. The highest BCUT2D eigenvalue weighted by Gasteiger charge is 2.40. The molecule has 7 nitrogen and oxygen atoms in total. The summed E-state index contributed by atoms with van der Waals surface area (Å²) in [7, 11) is -2.63. The van der Waals surface area contributed by atoms with Gasteiger partial charge in [-0.2, -0.15) is 4.31 Å². The first-order chi connectivity index (χ1) is 9.86. The average molecular weight is 397 g/mol. The van der Waals surface area contributed by atoms with Crippen molar-refractivity contribution < 1.29 is 22.7 Å². The van der Waals surface area contributed by atoms with Crippen LogP contribution in [-0.4, -0.2) is 50.8 Å². The zero-order valence-corrected chi connectivity index (χ0v) is 14.3. The Morgan fingerprint density at radius 3 is 2.86 bits per heavy atom. The third kappa shape index (κ3) is 3.44. The Bertz CT molecular complexity index is 657. The monoisotopic (exact) mass is 396 g/mol. The molecule has 1 aliphatic heterocycles. The summed E-state index contributed by atoms with van der Waals surface area (Å²) in [5.74, 6) is -1.13. The van der Waals surface area contributed by atoms with Crippen molar-refractivity contribution in [3.05, 3.63) is 15.9 Å². The van der Waals surface area contributed by atoms with E-state index in [9.17, 15) is 18.0 Å². The third-order valence-electron chi connectivity index (χ3n) is 2.98. The van der Waals surface area contributed by atoms with Crippen molar-refractivity contribution in [3.63, 3.8) is 0 Å². The average Bonchev–Trinajstić information content (AvgIpc) is 2.88. The van der Waals surface area contributed by atoms with E-state index in [1.807, 2.05) is 0 Å². The Labute approximate surface area is 134 Å². The Morgan fingerprint density at radius 1 is 1.57 bits per heavy atom. The second-order valence-electron chi connectivity index (χ2n) is 4.26. The van der Waals surface area contributed by atoms with Gasteiger partial charge in [0.05, 0.1) is 17.3 Å². The number of amides is 1. The largest absolute Gasteiger partial charge is 0.469 e. The smallest absolute Gasteiger partial charge is 0.307 e. The van der Waals surface area contributed by atoms with Gasteiger partial charge in [0.2, 0.25) is 5.91 Å². The minimum atomic E-state index is -3.82. The molecular weight excluding hydrogens is 384 g/mol. The van der Waals surface area contributed by atoms with Crippen LogP contribution in [-0.2, 0) is 24.3 Å². The summed E-state index contributed by atoms with van der Waals surface area (Å²) in [6.07, 6.45) is -0.311. The fourth-order valence-electron chi connectivity index (χ4n) is 1.97. The van der Waals surface area contributed by atoms with Crippen LogP contribution in [0.4, 0.5) is 0 Å². The summed E-state index contributed by atoms with van der Waals surface area (Å²) in [6, 6.07) is 2.00. The summed E-state index contributed by atoms with van der Waals surface area (Å²) >= 11 is 4.26. The molecule has 0 saturated carbocycles. The van der Waals surface area contributed by atoms with Crippen LogP contribution in [0.15, 0.2) is 20.1 Å². The highest BCUT2D eigenvalue weighted by atomic mass is 79.9. The highest BCUT2D eigenvalue weighted by Crippen LogP contribution is 2.30. The maximum atomic E-state index is 12.6. The molecular formula is C11H13BrN2O5S2. The van der Waals surface area contributed by atoms with Crippen molar-refractivity contribution in [1.82, 2.24) is 9.62 Å². The first-order valence-corrected chi connectivity index (χ1v) is 9.03. The number of piperazine rings is 1. The summed E-state index contributed by atoms with van der Waals surface area (Å²) in [5.41, 5.74) is 0. The number of halogens is 1. The normalized spacial score (nSPS) is 20.1. The Kier molecular flexibility index (Phi) is 5.02. The molecule has 0 aliphatic carbocycles. The van der Waals surface area contributed by atoms with E-state index in [2.05, 4.69) is 26.0 Å². The van der Waals surface area contributed by atoms with Gasteiger partial charge in [0, 0.05) is 13.1 Å². The van der Waals surface area contributed by atoms with E-state index in [-0.39, 0.29) is 23.7 Å². The third-order valence-corrected chi connectivity index (χ3v) is 6.98. The molecule has 0 radical (unpaired) electrons. The van der Waals surface area contributed by atoms with E-state index in [1.165, 1.54) is 13.2 Å². The molecule has 1 saturated heterocycles. The highest BCUT2D eigenvalue weighted by molar-refractivity contribution is 9.11. The summed E-state index contributed by atoms with van der Waals surface area (Å²) in [4.78, 5) is 23.3. The molecule has 1 amide bonds. The lowest BCUT2D eigenvalue weighted by Crippen LogP contribution is -2.57. The quantitative estimate of drug-likeness (QED) is 0.750. The summed E-state index contributed by atoms with van der Waals surface area (Å²) < 4.78 is 31.6. The number of nitrogens with zero attached hydrogens (tertiary/aromatic N) is 1. The molecule has 1 aromatic heterocycles. The van der Waals surface area contributed by atoms with E-state index in [0.29, 0.717) is 3.79 Å². The first-order valence-electron chi connectivity index (χ1n) is 5.98. The number of esters is 1. The van der Waals surface area contributed by atoms with Crippen LogP contribution in [0.5, 0.6) is 0 Å². The molecule has 2 rings (SSSR count). The van der Waals surface area contributed by atoms with Gasteiger partial charge in [-0.05, 0) is 28.1 Å². The minimum Gasteiger partial charge on any atom is -0.469 e. The predicted octanol–water partition coefficient (Wildman–Crippen LogP) is 0.563. The van der Waals surface area contributed by atoms with E-state index in [1.54, 1.807) is 6.07 Å². The Morgan fingerprint density at radius 2 is 2.29 bits per heavy atom. The zero-order valence-electron chi connectivity index (χ0n) is 11.0. The van der Waals surface area contributed by atoms with E-state index >= 15 is 0 Å². The van der Waals surface area contributed by atoms with Gasteiger partial charge in [-0.25, -0.2) is 8.42 Å². The van der Waals surface area contributed by atoms with Crippen LogP contribution >= 0.6 is 27.3 Å². The van der Waals surface area contributed by atoms with E-state index in [4.69, 9.17) is 0 Å². The molecule has 0 aromatic carbocycles. The zero-order chi connectivity index (χ0) is 15.6. The molecule has 10 heteroatoms. The van der Waals surface area contributed by atoms with Crippen molar-refractivity contribution in [1.29, 1.82) is 0 Å². The molecule has 1 aromatic rings. The van der Waals surface area contributed by atoms with Crippen molar-refractivity contribution in [2.45, 2.75) is 16.7 Å². The van der Waals surface area contributed by atoms with Crippen molar-refractivity contribution >= 4 is 49.2 Å². The predicted molar refractivity (Wildman–Crippen MR) is 79.3 cm³/mol. The molecule has 0 bridgehead atoms. The van der Waals surface area contributed by atoms with Gasteiger partial charge >= 0.3 is 5.97 Å². The van der Waals surface area contributed by atoms with Crippen molar-refractivity contribution in [2.24, 2.45) is 0 Å². The maximum Gasteiger partial charge on any atom is 0.307 e. The molecule has 1 N–H and O–H groups in total. The SMILES string of the molecule is COC(=O)C[C@@H]1C(=O)NCCN1S(=O)(=O)c1ccc(Br)s1. The van der Waals surface area contributed by atoms with Crippen LogP contribution < -0.4 is 5.32 Å². The first kappa shape index (κ1) is 16.4. The lowest BCUT2D eigenvalue weighted by molar-refractivity contribution is -0.144. The number of sulfonamides is 1. The van der Waals surface area contributed by atoms with Crippen molar-refractivity contribution in [2.75, 3.05) is 20.2 Å². The lowest BCUT2D eigenvalue weighted by Gasteiger charge is -2.32. The molecule has 21 heavy (non-hydrogen) atoms. The Balaban J connectivity index is 2.33. The molecule has 0 spiro atoms. The number of carbonyl (C=O) groups is 2. The van der Waals surface area contributed by atoms with E-state index in [0.717, 1.165) is 15.6 Å². The second kappa shape index (κ2) is 6.42. The number of hydrogen-bond acceptors (Lipinski definition) is 6. The van der Waals surface area contributed by atoms with Gasteiger partial charge in [-0.3, -0.25) is 9.59 Å². The van der Waals surface area contributed by atoms with Crippen molar-refractivity contribution in [3.8, 4) is 0 Å². The van der Waals surface area contributed by atoms with Gasteiger partial charge in [0.15, 0.2) is 0 Å². The van der Waals surface area contributed by atoms with Crippen LogP contribution in [0, 0.1) is 0 Å². The summed E-state index contributed by atoms with van der Waals surface area (Å²) in [6.45, 7) is 0.327. The van der Waals surface area contributed by atoms with Gasteiger partial charge in [0.1, 0.15) is 10.3 Å². The number of methoxy groups -OCH3 is 1. The molecule has 0 unspecified atom stereocenters. The number of ether oxygens (including phenoxy) is 1. The fraction of sp³-hybridized carbons (Fsp3) is 0.455. The Hall–Kier alpha value is -0.970. The van der Waals surface area contributed by atoms with E-state index < -0.39 is 27.9 Å². The minimum absolute atomic E-state index is 0.116. The second-order valence-corrected chi connectivity index (χ2v) is 8.84. The van der Waals surface area contributed by atoms with Crippen LogP contribution in [0.3, 0.4) is 0 Å². The molecule has 1 atom stereocenters. The van der Waals surface area contributed by atoms with Crippen LogP contribution in [0.2, 0.25) is 0 Å². The lowest BCUT2D eigenvalue weighted by atomic mass is 10.1. The molecule has 1 aliphatic rings. The number of nitrogens with one attached hydrogen (secondary N) is 1. The number of thiophene rings is 1. The standard InChI is InChI=1S/C11H13BrN2O5S2/c1-19-9(15)6-7-11(16)13-4-5-14(7)21(17,18)10-3-2-8(12)20-10/h2-3,7H,4-6H2,1H3,(H,13,16)/t7-/m1/s1.